The van der Waals surface area contributed by atoms with Crippen LogP contribution in [-0.4, -0.2) is 21.9 Å². The minimum atomic E-state index is -0.290. The summed E-state index contributed by atoms with van der Waals surface area (Å²) < 4.78 is 9.13. The standard InChI is InChI=1S/C28H29N5O2/c1-5-31-27-26(20(3)29)32(28(34)33(27)23-13-9-12-22(17-23)30-4)24-14-15-25(19(2)16-24)35-18-21-10-7-6-8-11-21/h5-17,29-31H,1,18H2,2-4H3. The normalized spacial score (nSPS) is 10.6. The van der Waals surface area contributed by atoms with Crippen molar-refractivity contribution in [1.82, 2.24) is 9.13 Å². The second-order valence-corrected chi connectivity index (χ2v) is 8.15. The molecule has 0 aliphatic carbocycles. The van der Waals surface area contributed by atoms with Crippen LogP contribution in [-0.2, 0) is 6.61 Å². The molecule has 4 aromatic rings. The topological polar surface area (TPSA) is 84.1 Å². The summed E-state index contributed by atoms with van der Waals surface area (Å²) in [5.41, 5.74) is 4.58. The zero-order valence-corrected chi connectivity index (χ0v) is 20.1. The summed E-state index contributed by atoms with van der Waals surface area (Å²) in [5.74, 6) is 1.22. The molecule has 1 heterocycles. The zero-order chi connectivity index (χ0) is 24.9. The zero-order valence-electron chi connectivity index (χ0n) is 20.1. The average Bonchev–Trinajstić information content (AvgIpc) is 3.16. The SMILES string of the molecule is C=CNc1c(C(C)=N)n(-c2ccc(OCc3ccccc3)c(C)c2)c(=O)n1-c1cccc(NC)c1. The molecule has 7 nitrogen and oxygen atoms in total. The van der Waals surface area contributed by atoms with E-state index < -0.39 is 0 Å². The lowest BCUT2D eigenvalue weighted by Gasteiger charge is -2.13. The molecule has 0 saturated heterocycles. The second kappa shape index (κ2) is 10.2. The second-order valence-electron chi connectivity index (χ2n) is 8.15. The van der Waals surface area contributed by atoms with E-state index in [0.29, 0.717) is 29.5 Å². The molecule has 1 aromatic heterocycles. The third kappa shape index (κ3) is 4.75. The van der Waals surface area contributed by atoms with Gasteiger partial charge in [0, 0.05) is 12.7 Å². The largest absolute Gasteiger partial charge is 0.489 e. The molecule has 0 fully saturated rings. The highest BCUT2D eigenvalue weighted by Crippen LogP contribution is 2.27. The minimum Gasteiger partial charge on any atom is -0.489 e. The van der Waals surface area contributed by atoms with E-state index in [9.17, 15) is 4.79 Å². The van der Waals surface area contributed by atoms with Crippen LogP contribution in [0.2, 0.25) is 0 Å². The molecule has 0 amide bonds. The van der Waals surface area contributed by atoms with Gasteiger partial charge in [-0.05, 0) is 67.6 Å². The first-order valence-corrected chi connectivity index (χ1v) is 11.3. The molecule has 0 aliphatic heterocycles. The van der Waals surface area contributed by atoms with Gasteiger partial charge in [0.05, 0.1) is 17.1 Å². The van der Waals surface area contributed by atoms with Gasteiger partial charge in [-0.25, -0.2) is 9.36 Å². The van der Waals surface area contributed by atoms with E-state index in [2.05, 4.69) is 17.2 Å². The smallest absolute Gasteiger partial charge is 0.339 e. The van der Waals surface area contributed by atoms with Crippen LogP contribution in [0.15, 0.2) is 90.4 Å². The summed E-state index contributed by atoms with van der Waals surface area (Å²) in [5, 5.41) is 14.6. The Morgan fingerprint density at radius 3 is 2.43 bits per heavy atom. The van der Waals surface area contributed by atoms with Gasteiger partial charge in [-0.2, -0.15) is 0 Å². The number of anilines is 2. The van der Waals surface area contributed by atoms with Crippen LogP contribution in [0.4, 0.5) is 11.5 Å². The number of nitrogens with one attached hydrogen (secondary N) is 3. The lowest BCUT2D eigenvalue weighted by molar-refractivity contribution is 0.304. The highest BCUT2D eigenvalue weighted by Gasteiger charge is 2.23. The van der Waals surface area contributed by atoms with E-state index in [1.54, 1.807) is 16.1 Å². The van der Waals surface area contributed by atoms with Crippen molar-refractivity contribution in [1.29, 1.82) is 5.41 Å². The first-order chi connectivity index (χ1) is 16.9. The predicted octanol–water partition coefficient (Wildman–Crippen LogP) is 5.50. The van der Waals surface area contributed by atoms with Gasteiger partial charge in [0.2, 0.25) is 0 Å². The Morgan fingerprint density at radius 2 is 1.77 bits per heavy atom. The molecule has 0 bridgehead atoms. The Labute approximate surface area is 204 Å². The maximum atomic E-state index is 13.8. The fourth-order valence-electron chi connectivity index (χ4n) is 4.03. The lowest BCUT2D eigenvalue weighted by Crippen LogP contribution is -2.24. The number of hydrogen-bond acceptors (Lipinski definition) is 5. The summed E-state index contributed by atoms with van der Waals surface area (Å²) in [6.45, 7) is 7.84. The van der Waals surface area contributed by atoms with Crippen molar-refractivity contribution >= 4 is 17.2 Å². The number of hydrogen-bond donors (Lipinski definition) is 3. The molecule has 0 aliphatic rings. The Kier molecular flexibility index (Phi) is 6.87. The lowest BCUT2D eigenvalue weighted by atomic mass is 10.2. The summed E-state index contributed by atoms with van der Waals surface area (Å²) in [7, 11) is 1.83. The number of rotatable bonds is 9. The number of aryl methyl sites for hydroxylation is 1. The Morgan fingerprint density at radius 1 is 1.03 bits per heavy atom. The fraction of sp³-hybridized carbons (Fsp3) is 0.143. The number of aromatic nitrogens is 2. The molecule has 0 unspecified atom stereocenters. The summed E-state index contributed by atoms with van der Waals surface area (Å²) >= 11 is 0. The molecule has 3 N–H and O–H groups in total. The van der Waals surface area contributed by atoms with E-state index in [4.69, 9.17) is 10.1 Å². The molecule has 4 rings (SSSR count). The molecular weight excluding hydrogens is 438 g/mol. The van der Waals surface area contributed by atoms with Gasteiger partial charge in [-0.1, -0.05) is 43.0 Å². The fourth-order valence-corrected chi connectivity index (χ4v) is 4.03. The van der Waals surface area contributed by atoms with Crippen LogP contribution in [0.5, 0.6) is 5.75 Å². The van der Waals surface area contributed by atoms with Crippen molar-refractivity contribution in [2.24, 2.45) is 0 Å². The highest BCUT2D eigenvalue weighted by atomic mass is 16.5. The first-order valence-electron chi connectivity index (χ1n) is 11.3. The summed E-state index contributed by atoms with van der Waals surface area (Å²) in [6, 6.07) is 23.1. The van der Waals surface area contributed by atoms with E-state index in [1.807, 2.05) is 86.8 Å². The molecular formula is C28H29N5O2. The first kappa shape index (κ1) is 23.6. The van der Waals surface area contributed by atoms with Gasteiger partial charge >= 0.3 is 5.69 Å². The number of nitrogens with zero attached hydrogens (tertiary/aromatic N) is 2. The van der Waals surface area contributed by atoms with Gasteiger partial charge in [0.25, 0.3) is 0 Å². The van der Waals surface area contributed by atoms with E-state index in [-0.39, 0.29) is 11.4 Å². The number of ether oxygens (including phenoxy) is 1. The van der Waals surface area contributed by atoms with Crippen LogP contribution in [0, 0.1) is 12.3 Å². The van der Waals surface area contributed by atoms with E-state index in [1.165, 1.54) is 6.20 Å². The summed E-state index contributed by atoms with van der Waals surface area (Å²) in [4.78, 5) is 13.8. The third-order valence-electron chi connectivity index (χ3n) is 5.69. The van der Waals surface area contributed by atoms with Crippen LogP contribution in [0.3, 0.4) is 0 Å². The predicted molar refractivity (Wildman–Crippen MR) is 143 cm³/mol. The maximum Gasteiger partial charge on any atom is 0.339 e. The Balaban J connectivity index is 1.82. The molecule has 3 aromatic carbocycles. The summed E-state index contributed by atoms with van der Waals surface area (Å²) in [6.07, 6.45) is 1.51. The Hall–Kier alpha value is -4.52. The average molecular weight is 468 g/mol. The minimum absolute atomic E-state index is 0.247. The highest BCUT2D eigenvalue weighted by molar-refractivity contribution is 6.00. The quantitative estimate of drug-likeness (QED) is 0.284. The van der Waals surface area contributed by atoms with E-state index in [0.717, 1.165) is 22.6 Å². The van der Waals surface area contributed by atoms with Crippen LogP contribution in [0.1, 0.15) is 23.7 Å². The molecule has 178 valence electrons. The van der Waals surface area contributed by atoms with Crippen molar-refractivity contribution in [2.45, 2.75) is 20.5 Å². The van der Waals surface area contributed by atoms with Crippen molar-refractivity contribution in [3.05, 3.63) is 113 Å². The molecule has 0 atom stereocenters. The van der Waals surface area contributed by atoms with E-state index >= 15 is 0 Å². The van der Waals surface area contributed by atoms with Gasteiger partial charge in [0.1, 0.15) is 23.9 Å². The van der Waals surface area contributed by atoms with Crippen molar-refractivity contribution < 1.29 is 4.74 Å². The van der Waals surface area contributed by atoms with Crippen LogP contribution >= 0.6 is 0 Å². The Bertz CT molecular complexity index is 1430. The molecule has 35 heavy (non-hydrogen) atoms. The van der Waals surface area contributed by atoms with Crippen molar-refractivity contribution in [2.75, 3.05) is 17.7 Å². The molecule has 0 spiro atoms. The molecule has 0 saturated carbocycles. The number of benzene rings is 3. The van der Waals surface area contributed by atoms with Gasteiger partial charge in [-0.3, -0.25) is 4.57 Å². The van der Waals surface area contributed by atoms with Gasteiger partial charge in [0.15, 0.2) is 0 Å². The third-order valence-corrected chi connectivity index (χ3v) is 5.69. The van der Waals surface area contributed by atoms with Crippen LogP contribution in [0.25, 0.3) is 11.4 Å². The molecule has 0 radical (unpaired) electrons. The monoisotopic (exact) mass is 467 g/mol. The van der Waals surface area contributed by atoms with Crippen molar-refractivity contribution in [3.8, 4) is 17.1 Å². The van der Waals surface area contributed by atoms with Gasteiger partial charge < -0.3 is 20.8 Å². The number of imidazole rings is 1. The van der Waals surface area contributed by atoms with Crippen molar-refractivity contribution in [3.63, 3.8) is 0 Å². The maximum absolute atomic E-state index is 13.8. The van der Waals surface area contributed by atoms with Crippen LogP contribution < -0.4 is 21.1 Å². The van der Waals surface area contributed by atoms with Gasteiger partial charge in [-0.15, -0.1) is 0 Å². The molecule has 7 heteroatoms.